The smallest absolute Gasteiger partial charge is 0.305 e. The van der Waals surface area contributed by atoms with Gasteiger partial charge in [-0.3, -0.25) is 9.59 Å². The number of hydrogen-bond acceptors (Lipinski definition) is 4. The molecule has 1 saturated heterocycles. The van der Waals surface area contributed by atoms with Crippen molar-refractivity contribution in [1.29, 1.82) is 0 Å². The summed E-state index contributed by atoms with van der Waals surface area (Å²) < 4.78 is 4.64. The lowest BCUT2D eigenvalue weighted by molar-refractivity contribution is -0.140. The lowest BCUT2D eigenvalue weighted by Gasteiger charge is -2.22. The number of ether oxygens (including phenoxy) is 1. The fraction of sp³-hybridized carbons (Fsp3) is 0.600. The lowest BCUT2D eigenvalue weighted by Crippen LogP contribution is -2.32. The van der Waals surface area contributed by atoms with Crippen LogP contribution in [0.5, 0.6) is 0 Å². The van der Waals surface area contributed by atoms with Crippen molar-refractivity contribution in [2.75, 3.05) is 13.7 Å². The molecule has 166 valence electrons. The van der Waals surface area contributed by atoms with Gasteiger partial charge in [0.25, 0.3) is 0 Å². The van der Waals surface area contributed by atoms with Gasteiger partial charge in [0.1, 0.15) is 0 Å². The first kappa shape index (κ1) is 24.1. The summed E-state index contributed by atoms with van der Waals surface area (Å²) in [5.41, 5.74) is 1.34. The maximum atomic E-state index is 12.2. The van der Waals surface area contributed by atoms with Crippen molar-refractivity contribution in [3.05, 3.63) is 48.0 Å². The van der Waals surface area contributed by atoms with E-state index < -0.39 is 6.10 Å². The number of likely N-dealkylation sites (tertiary alicyclic amines) is 1. The molecule has 1 amide bonds. The van der Waals surface area contributed by atoms with Crippen LogP contribution in [0.15, 0.2) is 42.5 Å². The van der Waals surface area contributed by atoms with Crippen molar-refractivity contribution in [2.45, 2.75) is 82.8 Å². The zero-order valence-electron chi connectivity index (χ0n) is 18.3. The number of rotatable bonds is 14. The van der Waals surface area contributed by atoms with Gasteiger partial charge in [0, 0.05) is 19.4 Å². The van der Waals surface area contributed by atoms with Crippen LogP contribution in [-0.2, 0) is 20.7 Å². The highest BCUT2D eigenvalue weighted by Gasteiger charge is 2.28. The summed E-state index contributed by atoms with van der Waals surface area (Å²) in [6.07, 6.45) is 12.9. The Hall–Kier alpha value is -2.14. The zero-order chi connectivity index (χ0) is 21.6. The highest BCUT2D eigenvalue weighted by molar-refractivity contribution is 5.79. The van der Waals surface area contributed by atoms with Crippen LogP contribution in [0.2, 0.25) is 0 Å². The number of aliphatic hydroxyl groups is 1. The Morgan fingerprint density at radius 1 is 1.17 bits per heavy atom. The first-order chi connectivity index (χ1) is 14.6. The van der Waals surface area contributed by atoms with E-state index in [0.717, 1.165) is 64.3 Å². The minimum Gasteiger partial charge on any atom is -0.469 e. The van der Waals surface area contributed by atoms with E-state index in [-0.39, 0.29) is 17.9 Å². The van der Waals surface area contributed by atoms with E-state index in [1.165, 1.54) is 12.7 Å². The number of benzene rings is 1. The Bertz CT molecular complexity index is 658. The molecule has 5 heteroatoms. The van der Waals surface area contributed by atoms with Gasteiger partial charge >= 0.3 is 5.97 Å². The fourth-order valence-electron chi connectivity index (χ4n) is 3.93. The summed E-state index contributed by atoms with van der Waals surface area (Å²) in [5, 5.41) is 10.3. The minimum absolute atomic E-state index is 0.103. The monoisotopic (exact) mass is 415 g/mol. The topological polar surface area (TPSA) is 66.8 Å². The Labute approximate surface area is 181 Å². The number of carbonyl (C=O) groups is 2. The number of aryl methyl sites for hydroxylation is 1. The van der Waals surface area contributed by atoms with Crippen molar-refractivity contribution < 1.29 is 19.4 Å². The van der Waals surface area contributed by atoms with E-state index in [9.17, 15) is 14.7 Å². The van der Waals surface area contributed by atoms with Gasteiger partial charge in [-0.25, -0.2) is 0 Å². The van der Waals surface area contributed by atoms with E-state index in [1.54, 1.807) is 0 Å². The quantitative estimate of drug-likeness (QED) is 0.277. The molecular formula is C25H37NO4. The predicted octanol–water partition coefficient (Wildman–Crippen LogP) is 4.43. The molecule has 0 unspecified atom stereocenters. The van der Waals surface area contributed by atoms with Gasteiger partial charge in [0.15, 0.2) is 0 Å². The minimum atomic E-state index is -0.448. The van der Waals surface area contributed by atoms with Crippen molar-refractivity contribution in [3.8, 4) is 0 Å². The second-order valence-corrected chi connectivity index (χ2v) is 8.12. The second kappa shape index (κ2) is 14.0. The van der Waals surface area contributed by atoms with Gasteiger partial charge < -0.3 is 14.7 Å². The summed E-state index contributed by atoms with van der Waals surface area (Å²) in [6, 6.07) is 10.5. The van der Waals surface area contributed by atoms with E-state index in [0.29, 0.717) is 12.8 Å². The summed E-state index contributed by atoms with van der Waals surface area (Å²) in [6.45, 7) is 0.749. The van der Waals surface area contributed by atoms with Crippen LogP contribution in [0.1, 0.15) is 69.8 Å². The van der Waals surface area contributed by atoms with E-state index in [2.05, 4.69) is 29.0 Å². The largest absolute Gasteiger partial charge is 0.469 e. The third-order valence-corrected chi connectivity index (χ3v) is 5.75. The normalized spacial score (nSPS) is 17.6. The van der Waals surface area contributed by atoms with E-state index in [4.69, 9.17) is 0 Å². The Kier molecular flexibility index (Phi) is 11.2. The number of nitrogens with zero attached hydrogens (tertiary/aromatic N) is 1. The number of hydrogen-bond donors (Lipinski definition) is 1. The Morgan fingerprint density at radius 2 is 1.93 bits per heavy atom. The second-order valence-electron chi connectivity index (χ2n) is 8.12. The standard InChI is InChI=1S/C25H37NO4/c1-30-25(29)15-7-2-3-10-20-26-22(17-19-24(26)28)16-18-23(27)14-9-8-13-21-11-5-4-6-12-21/h4-6,11-12,16,18,22-23,27H,2-3,7-10,13-15,17,19-20H2,1H3/t22-,23+/m0/s1. The highest BCUT2D eigenvalue weighted by atomic mass is 16.5. The van der Waals surface area contributed by atoms with Crippen LogP contribution in [0.4, 0.5) is 0 Å². The molecule has 0 bridgehead atoms. The molecule has 1 fully saturated rings. The molecule has 2 rings (SSSR count). The fourth-order valence-corrected chi connectivity index (χ4v) is 3.93. The molecular weight excluding hydrogens is 378 g/mol. The van der Waals surface area contributed by atoms with Crippen LogP contribution in [0.25, 0.3) is 0 Å². The molecule has 30 heavy (non-hydrogen) atoms. The van der Waals surface area contributed by atoms with Crippen molar-refractivity contribution in [1.82, 2.24) is 4.90 Å². The van der Waals surface area contributed by atoms with Crippen LogP contribution < -0.4 is 0 Å². The van der Waals surface area contributed by atoms with Crippen LogP contribution in [0, 0.1) is 0 Å². The first-order valence-electron chi connectivity index (χ1n) is 11.4. The molecule has 1 N–H and O–H groups in total. The molecule has 0 radical (unpaired) electrons. The number of esters is 1. The molecule has 0 aromatic heterocycles. The van der Waals surface area contributed by atoms with Crippen molar-refractivity contribution in [2.24, 2.45) is 0 Å². The number of unbranched alkanes of at least 4 members (excludes halogenated alkanes) is 4. The van der Waals surface area contributed by atoms with Crippen LogP contribution in [-0.4, -0.2) is 47.7 Å². The molecule has 5 nitrogen and oxygen atoms in total. The highest BCUT2D eigenvalue weighted by Crippen LogP contribution is 2.21. The number of methoxy groups -OCH3 is 1. The molecule has 1 heterocycles. The van der Waals surface area contributed by atoms with Crippen molar-refractivity contribution >= 4 is 11.9 Å². The van der Waals surface area contributed by atoms with Gasteiger partial charge in [-0.1, -0.05) is 61.7 Å². The molecule has 0 saturated carbocycles. The average Bonchev–Trinajstić information content (AvgIpc) is 3.12. The average molecular weight is 416 g/mol. The van der Waals surface area contributed by atoms with Gasteiger partial charge in [0.2, 0.25) is 5.91 Å². The summed E-state index contributed by atoms with van der Waals surface area (Å²) in [4.78, 5) is 25.2. The SMILES string of the molecule is COC(=O)CCCCCCN1C(=O)CC[C@@H]1C=C[C@H](O)CCCCc1ccccc1. The molecule has 1 aliphatic heterocycles. The van der Waals surface area contributed by atoms with Crippen molar-refractivity contribution in [3.63, 3.8) is 0 Å². The Morgan fingerprint density at radius 3 is 2.70 bits per heavy atom. The number of aliphatic hydroxyl groups excluding tert-OH is 1. The summed E-state index contributed by atoms with van der Waals surface area (Å²) in [7, 11) is 1.41. The third-order valence-electron chi connectivity index (χ3n) is 5.75. The molecule has 0 spiro atoms. The maximum absolute atomic E-state index is 12.2. The number of carbonyl (C=O) groups excluding carboxylic acids is 2. The molecule has 0 aliphatic carbocycles. The molecule has 1 aliphatic rings. The number of amides is 1. The molecule has 2 atom stereocenters. The van der Waals surface area contributed by atoms with Gasteiger partial charge in [-0.2, -0.15) is 0 Å². The van der Waals surface area contributed by atoms with E-state index in [1.807, 2.05) is 23.1 Å². The first-order valence-corrected chi connectivity index (χ1v) is 11.4. The zero-order valence-corrected chi connectivity index (χ0v) is 18.3. The predicted molar refractivity (Wildman–Crippen MR) is 119 cm³/mol. The molecule has 1 aromatic rings. The van der Waals surface area contributed by atoms with Gasteiger partial charge in [-0.15, -0.1) is 0 Å². The Balaban J connectivity index is 1.62. The molecule has 1 aromatic carbocycles. The van der Waals surface area contributed by atoms with Gasteiger partial charge in [-0.05, 0) is 44.1 Å². The summed E-state index contributed by atoms with van der Waals surface area (Å²) >= 11 is 0. The summed E-state index contributed by atoms with van der Waals surface area (Å²) in [5.74, 6) is 0.0464. The third kappa shape index (κ3) is 9.12. The van der Waals surface area contributed by atoms with E-state index >= 15 is 0 Å². The maximum Gasteiger partial charge on any atom is 0.305 e. The lowest BCUT2D eigenvalue weighted by atomic mass is 10.0. The van der Waals surface area contributed by atoms with Crippen LogP contribution in [0.3, 0.4) is 0 Å². The van der Waals surface area contributed by atoms with Gasteiger partial charge in [0.05, 0.1) is 19.3 Å². The van der Waals surface area contributed by atoms with Crippen LogP contribution >= 0.6 is 0 Å².